The van der Waals surface area contributed by atoms with Crippen LogP contribution < -0.4 is 5.32 Å². The number of carboxylic acid groups (broad SMARTS) is 1. The second-order valence-electron chi connectivity index (χ2n) is 6.43. The van der Waals surface area contributed by atoms with Crippen molar-refractivity contribution in [3.05, 3.63) is 0 Å². The van der Waals surface area contributed by atoms with Crippen LogP contribution in [-0.2, 0) is 14.3 Å². The van der Waals surface area contributed by atoms with Crippen LogP contribution in [0, 0.1) is 11.3 Å². The van der Waals surface area contributed by atoms with Crippen LogP contribution in [-0.4, -0.2) is 36.2 Å². The number of rotatable bonds is 6. The highest BCUT2D eigenvalue weighted by atomic mass is 16.5. The van der Waals surface area contributed by atoms with E-state index in [9.17, 15) is 9.59 Å². The molecule has 0 aromatic carbocycles. The van der Waals surface area contributed by atoms with E-state index in [1.807, 2.05) is 6.92 Å². The van der Waals surface area contributed by atoms with E-state index in [1.165, 1.54) is 0 Å². The third-order valence-corrected chi connectivity index (χ3v) is 4.79. The molecule has 1 aliphatic carbocycles. The first-order chi connectivity index (χ1) is 9.51. The zero-order chi connectivity index (χ0) is 14.6. The number of hydrogen-bond acceptors (Lipinski definition) is 3. The van der Waals surface area contributed by atoms with E-state index in [0.717, 1.165) is 38.7 Å². The summed E-state index contributed by atoms with van der Waals surface area (Å²) < 4.78 is 5.34. The van der Waals surface area contributed by atoms with E-state index in [-0.39, 0.29) is 23.8 Å². The van der Waals surface area contributed by atoms with Gasteiger partial charge in [-0.25, -0.2) is 0 Å². The lowest BCUT2D eigenvalue weighted by Crippen LogP contribution is -2.41. The minimum atomic E-state index is -0.794. The van der Waals surface area contributed by atoms with Crippen molar-refractivity contribution in [2.75, 3.05) is 13.2 Å². The quantitative estimate of drug-likeness (QED) is 0.781. The Morgan fingerprint density at radius 2 is 2.05 bits per heavy atom. The normalized spacial score (nSPS) is 26.4. The molecule has 0 spiro atoms. The standard InChI is InChI=1S/C15H25NO4/c1-11(12-4-7-20-10-12)16-13(17)8-15(9-14(18)19)5-2-3-6-15/h11-12H,2-10H2,1H3,(H,16,17)(H,18,19). The Morgan fingerprint density at radius 1 is 1.35 bits per heavy atom. The predicted molar refractivity (Wildman–Crippen MR) is 74.3 cm³/mol. The van der Waals surface area contributed by atoms with Crippen LogP contribution >= 0.6 is 0 Å². The maximum atomic E-state index is 12.2. The molecule has 1 saturated carbocycles. The van der Waals surface area contributed by atoms with Crippen LogP contribution in [0.15, 0.2) is 0 Å². The van der Waals surface area contributed by atoms with Gasteiger partial charge < -0.3 is 15.2 Å². The Labute approximate surface area is 120 Å². The van der Waals surface area contributed by atoms with Gasteiger partial charge in [0, 0.05) is 25.0 Å². The zero-order valence-corrected chi connectivity index (χ0v) is 12.2. The lowest BCUT2D eigenvalue weighted by Gasteiger charge is -2.28. The first-order valence-corrected chi connectivity index (χ1v) is 7.60. The molecule has 2 fully saturated rings. The van der Waals surface area contributed by atoms with Gasteiger partial charge in [0.15, 0.2) is 0 Å². The lowest BCUT2D eigenvalue weighted by molar-refractivity contribution is -0.140. The zero-order valence-electron chi connectivity index (χ0n) is 12.2. The van der Waals surface area contributed by atoms with Crippen molar-refractivity contribution in [2.45, 2.75) is 57.9 Å². The van der Waals surface area contributed by atoms with Crippen molar-refractivity contribution in [2.24, 2.45) is 11.3 Å². The van der Waals surface area contributed by atoms with E-state index in [0.29, 0.717) is 18.9 Å². The van der Waals surface area contributed by atoms with Crippen molar-refractivity contribution in [3.63, 3.8) is 0 Å². The number of ether oxygens (including phenoxy) is 1. The first-order valence-electron chi connectivity index (χ1n) is 7.60. The predicted octanol–water partition coefficient (Wildman–Crippen LogP) is 1.95. The number of amides is 1. The van der Waals surface area contributed by atoms with Crippen molar-refractivity contribution in [1.82, 2.24) is 5.32 Å². The summed E-state index contributed by atoms with van der Waals surface area (Å²) in [6, 6.07) is 0.105. The molecule has 5 heteroatoms. The van der Waals surface area contributed by atoms with Crippen molar-refractivity contribution in [3.8, 4) is 0 Å². The molecule has 0 radical (unpaired) electrons. The van der Waals surface area contributed by atoms with Crippen LogP contribution in [0.1, 0.15) is 51.9 Å². The van der Waals surface area contributed by atoms with E-state index < -0.39 is 5.97 Å². The van der Waals surface area contributed by atoms with E-state index in [4.69, 9.17) is 9.84 Å². The Balaban J connectivity index is 1.86. The molecular weight excluding hydrogens is 258 g/mol. The highest BCUT2D eigenvalue weighted by Crippen LogP contribution is 2.44. The Morgan fingerprint density at radius 3 is 2.60 bits per heavy atom. The molecule has 2 N–H and O–H groups in total. The monoisotopic (exact) mass is 283 g/mol. The summed E-state index contributed by atoms with van der Waals surface area (Å²) >= 11 is 0. The molecule has 2 unspecified atom stereocenters. The molecule has 114 valence electrons. The van der Waals surface area contributed by atoms with Crippen LogP contribution in [0.2, 0.25) is 0 Å². The second kappa shape index (κ2) is 6.57. The molecule has 1 saturated heterocycles. The number of aliphatic carboxylic acids is 1. The van der Waals surface area contributed by atoms with Crippen LogP contribution in [0.5, 0.6) is 0 Å². The average Bonchev–Trinajstić information content (AvgIpc) is 2.98. The lowest BCUT2D eigenvalue weighted by atomic mass is 9.79. The largest absolute Gasteiger partial charge is 0.481 e. The van der Waals surface area contributed by atoms with Gasteiger partial charge in [0.2, 0.25) is 5.91 Å². The molecular formula is C15H25NO4. The molecule has 2 atom stereocenters. The van der Waals surface area contributed by atoms with Gasteiger partial charge in [-0.2, -0.15) is 0 Å². The van der Waals surface area contributed by atoms with Crippen molar-refractivity contribution >= 4 is 11.9 Å². The molecule has 0 bridgehead atoms. The summed E-state index contributed by atoms with van der Waals surface area (Å²) in [4.78, 5) is 23.2. The number of nitrogens with one attached hydrogen (secondary N) is 1. The highest BCUT2D eigenvalue weighted by molar-refractivity contribution is 5.78. The maximum absolute atomic E-state index is 12.2. The van der Waals surface area contributed by atoms with Gasteiger partial charge in [0.25, 0.3) is 0 Å². The summed E-state index contributed by atoms with van der Waals surface area (Å²) in [7, 11) is 0. The van der Waals surface area contributed by atoms with Gasteiger partial charge in [0.05, 0.1) is 13.0 Å². The summed E-state index contributed by atoms with van der Waals surface area (Å²) in [6.07, 6.45) is 5.22. The molecule has 2 rings (SSSR count). The summed E-state index contributed by atoms with van der Waals surface area (Å²) in [5.74, 6) is -0.414. The van der Waals surface area contributed by atoms with Gasteiger partial charge in [-0.05, 0) is 31.6 Å². The van der Waals surface area contributed by atoms with Crippen molar-refractivity contribution < 1.29 is 19.4 Å². The molecule has 0 aromatic heterocycles. The van der Waals surface area contributed by atoms with Gasteiger partial charge in [-0.15, -0.1) is 0 Å². The number of hydrogen-bond donors (Lipinski definition) is 2. The minimum absolute atomic E-state index is 0.00690. The molecule has 0 aromatic rings. The molecule has 1 heterocycles. The molecule has 1 amide bonds. The van der Waals surface area contributed by atoms with Crippen LogP contribution in [0.25, 0.3) is 0 Å². The Bertz CT molecular complexity index is 357. The fourth-order valence-electron chi connectivity index (χ4n) is 3.57. The molecule has 20 heavy (non-hydrogen) atoms. The smallest absolute Gasteiger partial charge is 0.303 e. The summed E-state index contributed by atoms with van der Waals surface area (Å²) in [5, 5.41) is 12.1. The maximum Gasteiger partial charge on any atom is 0.303 e. The first kappa shape index (κ1) is 15.3. The van der Waals surface area contributed by atoms with Gasteiger partial charge in [0.1, 0.15) is 0 Å². The number of carbonyl (C=O) groups excluding carboxylic acids is 1. The van der Waals surface area contributed by atoms with Crippen LogP contribution in [0.4, 0.5) is 0 Å². The molecule has 2 aliphatic rings. The fraction of sp³-hybridized carbons (Fsp3) is 0.867. The molecule has 1 aliphatic heterocycles. The van der Waals surface area contributed by atoms with Crippen LogP contribution in [0.3, 0.4) is 0 Å². The topological polar surface area (TPSA) is 75.6 Å². The van der Waals surface area contributed by atoms with Gasteiger partial charge >= 0.3 is 5.97 Å². The number of carboxylic acids is 1. The van der Waals surface area contributed by atoms with Gasteiger partial charge in [-0.1, -0.05) is 12.8 Å². The Kier molecular flexibility index (Phi) is 5.02. The minimum Gasteiger partial charge on any atom is -0.481 e. The van der Waals surface area contributed by atoms with E-state index in [1.54, 1.807) is 0 Å². The fourth-order valence-corrected chi connectivity index (χ4v) is 3.57. The number of carbonyl (C=O) groups is 2. The Hall–Kier alpha value is -1.10. The third kappa shape index (κ3) is 3.95. The average molecular weight is 283 g/mol. The van der Waals surface area contributed by atoms with Crippen molar-refractivity contribution in [1.29, 1.82) is 0 Å². The van der Waals surface area contributed by atoms with Gasteiger partial charge in [-0.3, -0.25) is 9.59 Å². The summed E-state index contributed by atoms with van der Waals surface area (Å²) in [6.45, 7) is 3.49. The van der Waals surface area contributed by atoms with E-state index >= 15 is 0 Å². The SMILES string of the molecule is CC(NC(=O)CC1(CC(=O)O)CCCC1)C1CCOC1. The third-order valence-electron chi connectivity index (χ3n) is 4.79. The molecule has 5 nitrogen and oxygen atoms in total. The highest BCUT2D eigenvalue weighted by Gasteiger charge is 2.38. The summed E-state index contributed by atoms with van der Waals surface area (Å²) in [5.41, 5.74) is -0.318. The van der Waals surface area contributed by atoms with E-state index in [2.05, 4.69) is 5.32 Å². The second-order valence-corrected chi connectivity index (χ2v) is 6.43.